The van der Waals surface area contributed by atoms with Crippen molar-refractivity contribution in [1.29, 1.82) is 0 Å². The summed E-state index contributed by atoms with van der Waals surface area (Å²) in [6.45, 7) is 3.83. The van der Waals surface area contributed by atoms with Crippen molar-refractivity contribution in [2.45, 2.75) is 52.4 Å². The number of pyridine rings is 1. The molecule has 0 aliphatic rings. The van der Waals surface area contributed by atoms with E-state index in [-0.39, 0.29) is 17.2 Å². The number of benzene rings is 2. The number of nitrogens with one attached hydrogen (secondary N) is 1. The van der Waals surface area contributed by atoms with E-state index in [9.17, 15) is 19.5 Å². The lowest BCUT2D eigenvalue weighted by molar-refractivity contribution is -0.132. The lowest BCUT2D eigenvalue weighted by atomic mass is 10.1. The van der Waals surface area contributed by atoms with Crippen LogP contribution in [0.3, 0.4) is 0 Å². The molecule has 9 heteroatoms. The van der Waals surface area contributed by atoms with Crippen molar-refractivity contribution in [3.8, 4) is 23.0 Å². The van der Waals surface area contributed by atoms with Gasteiger partial charge in [-0.15, -0.1) is 0 Å². The third-order valence-corrected chi connectivity index (χ3v) is 6.21. The maximum absolute atomic E-state index is 12.9. The number of ether oxygens (including phenoxy) is 3. The SMILES string of the molecule is CCCCCCCCOc1c(O)c2ccc(NC(=O)/C=C/c3ccc(OC(C)=O)c(OC)c3)cc2n(C)c1=O. The van der Waals surface area contributed by atoms with E-state index in [4.69, 9.17) is 14.2 Å². The van der Waals surface area contributed by atoms with Crippen LogP contribution in [-0.2, 0) is 16.6 Å². The van der Waals surface area contributed by atoms with Crippen molar-refractivity contribution in [2.24, 2.45) is 7.05 Å². The number of esters is 1. The van der Waals surface area contributed by atoms with Crippen molar-refractivity contribution in [3.05, 3.63) is 58.4 Å². The highest BCUT2D eigenvalue weighted by Crippen LogP contribution is 2.33. The van der Waals surface area contributed by atoms with Crippen molar-refractivity contribution in [2.75, 3.05) is 19.0 Å². The minimum Gasteiger partial charge on any atom is -0.504 e. The molecule has 3 aromatic rings. The third kappa shape index (κ3) is 7.86. The lowest BCUT2D eigenvalue weighted by Crippen LogP contribution is -2.20. The van der Waals surface area contributed by atoms with Crippen LogP contribution in [0.2, 0.25) is 0 Å². The highest BCUT2D eigenvalue weighted by atomic mass is 16.6. The highest BCUT2D eigenvalue weighted by Gasteiger charge is 2.17. The number of aromatic hydroxyl groups is 1. The van der Waals surface area contributed by atoms with Crippen LogP contribution < -0.4 is 25.1 Å². The molecule has 0 unspecified atom stereocenters. The van der Waals surface area contributed by atoms with E-state index >= 15 is 0 Å². The Kier molecular flexibility index (Phi) is 10.5. The molecule has 1 amide bonds. The molecule has 0 aliphatic heterocycles. The largest absolute Gasteiger partial charge is 0.504 e. The minimum absolute atomic E-state index is 0.0616. The Hall–Kier alpha value is -4.27. The second-order valence-electron chi connectivity index (χ2n) is 9.22. The van der Waals surface area contributed by atoms with Crippen molar-refractivity contribution in [3.63, 3.8) is 0 Å². The van der Waals surface area contributed by atoms with Crippen LogP contribution in [0.5, 0.6) is 23.0 Å². The second kappa shape index (κ2) is 14.0. The number of carbonyl (C=O) groups excluding carboxylic acids is 2. The summed E-state index contributed by atoms with van der Waals surface area (Å²) in [5.41, 5.74) is 1.13. The van der Waals surface area contributed by atoms with Gasteiger partial charge >= 0.3 is 5.97 Å². The first-order valence-corrected chi connectivity index (χ1v) is 13.1. The zero-order valence-corrected chi connectivity index (χ0v) is 22.9. The predicted molar refractivity (Wildman–Crippen MR) is 152 cm³/mol. The molecule has 0 saturated heterocycles. The van der Waals surface area contributed by atoms with Crippen LogP contribution in [0.1, 0.15) is 57.9 Å². The molecule has 0 fully saturated rings. The second-order valence-corrected chi connectivity index (χ2v) is 9.22. The number of unbranched alkanes of at least 4 members (excludes halogenated alkanes) is 5. The number of anilines is 1. The molecule has 0 bridgehead atoms. The average molecular weight is 537 g/mol. The summed E-state index contributed by atoms with van der Waals surface area (Å²) in [5.74, 6) is -0.484. The van der Waals surface area contributed by atoms with Crippen LogP contribution in [0.25, 0.3) is 17.0 Å². The van der Waals surface area contributed by atoms with Gasteiger partial charge in [0.05, 0.1) is 19.2 Å². The number of fused-ring (bicyclic) bond motifs is 1. The van der Waals surface area contributed by atoms with Gasteiger partial charge in [0, 0.05) is 31.1 Å². The molecule has 3 rings (SSSR count). The molecule has 1 heterocycles. The van der Waals surface area contributed by atoms with Crippen LogP contribution in [0.15, 0.2) is 47.3 Å². The topological polar surface area (TPSA) is 116 Å². The number of hydrogen-bond donors (Lipinski definition) is 2. The third-order valence-electron chi connectivity index (χ3n) is 6.21. The van der Waals surface area contributed by atoms with E-state index in [1.165, 1.54) is 43.9 Å². The monoisotopic (exact) mass is 536 g/mol. The lowest BCUT2D eigenvalue weighted by Gasteiger charge is -2.14. The predicted octanol–water partition coefficient (Wildman–Crippen LogP) is 5.57. The van der Waals surface area contributed by atoms with Gasteiger partial charge in [-0.2, -0.15) is 0 Å². The van der Waals surface area contributed by atoms with Crippen molar-refractivity contribution in [1.82, 2.24) is 4.57 Å². The molecular formula is C30H36N2O7. The van der Waals surface area contributed by atoms with Crippen LogP contribution in [0.4, 0.5) is 5.69 Å². The van der Waals surface area contributed by atoms with Gasteiger partial charge in [-0.25, -0.2) is 0 Å². The van der Waals surface area contributed by atoms with E-state index in [1.807, 2.05) is 0 Å². The number of amides is 1. The molecule has 39 heavy (non-hydrogen) atoms. The minimum atomic E-state index is -0.464. The summed E-state index contributed by atoms with van der Waals surface area (Å²) in [6.07, 6.45) is 9.47. The van der Waals surface area contributed by atoms with Gasteiger partial charge in [0.2, 0.25) is 11.7 Å². The maximum Gasteiger partial charge on any atom is 0.308 e. The smallest absolute Gasteiger partial charge is 0.308 e. The number of carbonyl (C=O) groups is 2. The van der Waals surface area contributed by atoms with E-state index in [2.05, 4.69) is 12.2 Å². The van der Waals surface area contributed by atoms with Gasteiger partial charge < -0.3 is 29.2 Å². The molecule has 208 valence electrons. The van der Waals surface area contributed by atoms with Gasteiger partial charge in [-0.1, -0.05) is 45.1 Å². The molecule has 2 N–H and O–H groups in total. The zero-order valence-electron chi connectivity index (χ0n) is 22.9. The Morgan fingerprint density at radius 1 is 1.03 bits per heavy atom. The number of nitrogens with zero attached hydrogens (tertiary/aromatic N) is 1. The van der Waals surface area contributed by atoms with E-state index in [0.29, 0.717) is 34.5 Å². The van der Waals surface area contributed by atoms with Gasteiger partial charge in [-0.3, -0.25) is 14.4 Å². The summed E-state index contributed by atoms with van der Waals surface area (Å²) in [5, 5.41) is 14.0. The first-order valence-electron chi connectivity index (χ1n) is 13.1. The van der Waals surface area contributed by atoms with E-state index in [0.717, 1.165) is 19.3 Å². The number of methoxy groups -OCH3 is 1. The Morgan fingerprint density at radius 3 is 2.49 bits per heavy atom. The van der Waals surface area contributed by atoms with Gasteiger partial charge in [0.25, 0.3) is 5.56 Å². The summed E-state index contributed by atoms with van der Waals surface area (Å²) in [4.78, 5) is 36.7. The van der Waals surface area contributed by atoms with Crippen molar-refractivity contribution >= 4 is 34.5 Å². The Morgan fingerprint density at radius 2 is 1.77 bits per heavy atom. The Balaban J connectivity index is 1.69. The van der Waals surface area contributed by atoms with Crippen molar-refractivity contribution < 1.29 is 28.9 Å². The zero-order chi connectivity index (χ0) is 28.4. The highest BCUT2D eigenvalue weighted by molar-refractivity contribution is 6.03. The van der Waals surface area contributed by atoms with E-state index in [1.54, 1.807) is 49.5 Å². The first kappa shape index (κ1) is 29.3. The normalized spacial score (nSPS) is 11.1. The summed E-state index contributed by atoms with van der Waals surface area (Å²) in [7, 11) is 3.05. The summed E-state index contributed by atoms with van der Waals surface area (Å²) in [6, 6.07) is 9.82. The molecule has 0 saturated carbocycles. The summed E-state index contributed by atoms with van der Waals surface area (Å²) >= 11 is 0. The fourth-order valence-corrected chi connectivity index (χ4v) is 4.14. The van der Waals surface area contributed by atoms with Gasteiger partial charge in [0.1, 0.15) is 0 Å². The summed E-state index contributed by atoms with van der Waals surface area (Å²) < 4.78 is 17.4. The molecule has 1 aromatic heterocycles. The molecule has 2 aromatic carbocycles. The van der Waals surface area contributed by atoms with Crippen LogP contribution in [-0.4, -0.2) is 35.3 Å². The quantitative estimate of drug-likeness (QED) is 0.127. The van der Waals surface area contributed by atoms with Crippen LogP contribution >= 0.6 is 0 Å². The van der Waals surface area contributed by atoms with E-state index < -0.39 is 17.4 Å². The average Bonchev–Trinajstić information content (AvgIpc) is 2.92. The number of aryl methyl sites for hydroxylation is 1. The fourth-order valence-electron chi connectivity index (χ4n) is 4.14. The molecule has 9 nitrogen and oxygen atoms in total. The Labute approximate surface area is 228 Å². The number of hydrogen-bond acceptors (Lipinski definition) is 7. The van der Waals surface area contributed by atoms with Crippen LogP contribution in [0, 0.1) is 0 Å². The first-order chi connectivity index (χ1) is 18.7. The van der Waals surface area contributed by atoms with Gasteiger partial charge in [-0.05, 0) is 48.4 Å². The molecule has 0 aliphatic carbocycles. The molecule has 0 atom stereocenters. The molecule has 0 spiro atoms. The Bertz CT molecular complexity index is 1410. The molecular weight excluding hydrogens is 500 g/mol. The standard InChI is InChI=1S/C30H36N2O7/c1-5-6-7-8-9-10-17-38-29-28(35)23-14-13-22(19-24(23)32(3)30(29)36)31-27(34)16-12-21-11-15-25(39-20(2)33)26(18-21)37-4/h11-16,18-19,35H,5-10,17H2,1-4H3,(H,31,34)/b16-12+. The van der Waals surface area contributed by atoms with Gasteiger partial charge in [0.15, 0.2) is 17.2 Å². The fraction of sp³-hybridized carbons (Fsp3) is 0.367. The number of aromatic nitrogens is 1. The number of rotatable bonds is 13. The molecule has 0 radical (unpaired) electrons. The maximum atomic E-state index is 12.9.